The van der Waals surface area contributed by atoms with Gasteiger partial charge in [0.15, 0.2) is 0 Å². The predicted molar refractivity (Wildman–Crippen MR) is 101 cm³/mol. The molecule has 5 nitrogen and oxygen atoms in total. The highest BCUT2D eigenvalue weighted by atomic mass is 35.5. The van der Waals surface area contributed by atoms with E-state index in [2.05, 4.69) is 5.32 Å². The SMILES string of the molecule is Cc1ccc(NC(=O)C2(C)CC3(C)CC(C)(C2)C(=O)N(C)C3=O)cc1Cl. The first-order chi connectivity index (χ1) is 11.9. The van der Waals surface area contributed by atoms with E-state index in [1.54, 1.807) is 12.1 Å². The van der Waals surface area contributed by atoms with Crippen LogP contribution in [0.4, 0.5) is 5.69 Å². The minimum absolute atomic E-state index is 0.181. The lowest BCUT2D eigenvalue weighted by molar-refractivity contribution is -0.177. The Kier molecular flexibility index (Phi) is 4.22. The van der Waals surface area contributed by atoms with Crippen molar-refractivity contribution >= 4 is 35.0 Å². The van der Waals surface area contributed by atoms with Gasteiger partial charge in [-0.3, -0.25) is 19.3 Å². The van der Waals surface area contributed by atoms with E-state index >= 15 is 0 Å². The van der Waals surface area contributed by atoms with Crippen LogP contribution in [0.15, 0.2) is 18.2 Å². The van der Waals surface area contributed by atoms with Crippen LogP contribution in [0.5, 0.6) is 0 Å². The maximum Gasteiger partial charge on any atom is 0.234 e. The molecule has 2 atom stereocenters. The molecule has 1 saturated carbocycles. The maximum atomic E-state index is 13.1. The van der Waals surface area contributed by atoms with E-state index in [9.17, 15) is 14.4 Å². The molecule has 1 aliphatic carbocycles. The lowest BCUT2D eigenvalue weighted by Crippen LogP contribution is -2.63. The van der Waals surface area contributed by atoms with Crippen LogP contribution < -0.4 is 5.32 Å². The molecule has 3 rings (SSSR count). The van der Waals surface area contributed by atoms with Gasteiger partial charge < -0.3 is 5.32 Å². The molecule has 2 aliphatic rings. The van der Waals surface area contributed by atoms with Gasteiger partial charge in [-0.1, -0.05) is 38.4 Å². The highest BCUT2D eigenvalue weighted by Crippen LogP contribution is 2.58. The molecule has 3 amide bonds. The molecular weight excluding hydrogens is 352 g/mol. The van der Waals surface area contributed by atoms with E-state index in [0.29, 0.717) is 30.0 Å². The molecule has 1 aromatic rings. The summed E-state index contributed by atoms with van der Waals surface area (Å²) in [5.41, 5.74) is -0.694. The van der Waals surface area contributed by atoms with Gasteiger partial charge in [0, 0.05) is 34.0 Å². The van der Waals surface area contributed by atoms with Crippen molar-refractivity contribution in [2.75, 3.05) is 12.4 Å². The van der Waals surface area contributed by atoms with Crippen molar-refractivity contribution in [1.82, 2.24) is 4.90 Å². The van der Waals surface area contributed by atoms with Gasteiger partial charge in [-0.25, -0.2) is 0 Å². The third-order valence-corrected chi connectivity index (χ3v) is 6.37. The summed E-state index contributed by atoms with van der Waals surface area (Å²) in [6, 6.07) is 5.37. The van der Waals surface area contributed by atoms with E-state index in [4.69, 9.17) is 11.6 Å². The Morgan fingerprint density at radius 3 is 2.12 bits per heavy atom. The first-order valence-corrected chi connectivity index (χ1v) is 9.18. The first-order valence-electron chi connectivity index (χ1n) is 8.81. The lowest BCUT2D eigenvalue weighted by atomic mass is 9.51. The molecule has 1 saturated heterocycles. The zero-order chi connectivity index (χ0) is 19.5. The number of likely N-dealkylation sites (tertiary alicyclic amines) is 1. The molecule has 2 bridgehead atoms. The largest absolute Gasteiger partial charge is 0.326 e. The molecule has 2 unspecified atom stereocenters. The van der Waals surface area contributed by atoms with Crippen molar-refractivity contribution in [2.45, 2.75) is 47.0 Å². The molecule has 0 radical (unpaired) electrons. The first kappa shape index (κ1) is 18.9. The number of halogens is 1. The van der Waals surface area contributed by atoms with E-state index in [1.165, 1.54) is 11.9 Å². The van der Waals surface area contributed by atoms with Crippen molar-refractivity contribution < 1.29 is 14.4 Å². The molecule has 1 aromatic carbocycles. The fourth-order valence-electron chi connectivity index (χ4n) is 5.09. The van der Waals surface area contributed by atoms with Gasteiger partial charge in [-0.2, -0.15) is 0 Å². The standard InChI is InChI=1S/C20H25ClN2O3/c1-12-6-7-13(8-14(12)21)22-15(24)18(2)9-19(3)11-20(4,10-18)17(26)23(5)16(19)25/h6-8H,9-11H2,1-5H3,(H,22,24). The van der Waals surface area contributed by atoms with Crippen molar-refractivity contribution in [3.05, 3.63) is 28.8 Å². The molecule has 140 valence electrons. The second-order valence-electron chi connectivity index (χ2n) is 8.80. The Hall–Kier alpha value is -1.88. The van der Waals surface area contributed by atoms with E-state index in [1.807, 2.05) is 33.8 Å². The summed E-state index contributed by atoms with van der Waals surface area (Å²) in [5, 5.41) is 3.51. The molecule has 1 N–H and O–H groups in total. The number of piperidine rings is 1. The highest BCUT2D eigenvalue weighted by Gasteiger charge is 2.62. The minimum Gasteiger partial charge on any atom is -0.326 e. The van der Waals surface area contributed by atoms with Crippen molar-refractivity contribution in [1.29, 1.82) is 0 Å². The van der Waals surface area contributed by atoms with Crippen LogP contribution in [0, 0.1) is 23.2 Å². The summed E-state index contributed by atoms with van der Waals surface area (Å²) >= 11 is 6.15. The third-order valence-electron chi connectivity index (χ3n) is 5.96. The number of rotatable bonds is 2. The maximum absolute atomic E-state index is 13.1. The van der Waals surface area contributed by atoms with Crippen LogP contribution in [-0.4, -0.2) is 29.7 Å². The highest BCUT2D eigenvalue weighted by molar-refractivity contribution is 6.31. The Bertz CT molecular complexity index is 791. The van der Waals surface area contributed by atoms with Crippen LogP contribution in [0.2, 0.25) is 5.02 Å². The third kappa shape index (κ3) is 2.82. The summed E-state index contributed by atoms with van der Waals surface area (Å²) in [6.45, 7) is 7.47. The molecule has 1 heterocycles. The minimum atomic E-state index is -0.814. The van der Waals surface area contributed by atoms with Crippen molar-refractivity contribution in [2.24, 2.45) is 16.2 Å². The smallest absolute Gasteiger partial charge is 0.234 e. The number of hydrogen-bond acceptors (Lipinski definition) is 3. The van der Waals surface area contributed by atoms with Gasteiger partial charge in [0.05, 0.1) is 0 Å². The van der Waals surface area contributed by atoms with Crippen molar-refractivity contribution in [3.8, 4) is 0 Å². The van der Waals surface area contributed by atoms with Gasteiger partial charge in [0.1, 0.15) is 0 Å². The second-order valence-corrected chi connectivity index (χ2v) is 9.21. The van der Waals surface area contributed by atoms with E-state index in [-0.39, 0.29) is 17.7 Å². The quantitative estimate of drug-likeness (QED) is 0.798. The molecule has 2 fully saturated rings. The van der Waals surface area contributed by atoms with Gasteiger partial charge in [0.2, 0.25) is 17.7 Å². The fraction of sp³-hybridized carbons (Fsp3) is 0.550. The van der Waals surface area contributed by atoms with Crippen LogP contribution in [0.1, 0.15) is 45.6 Å². The monoisotopic (exact) mass is 376 g/mol. The summed E-state index contributed by atoms with van der Waals surface area (Å²) in [6.07, 6.45) is 1.32. The summed E-state index contributed by atoms with van der Waals surface area (Å²) in [4.78, 5) is 39.8. The van der Waals surface area contributed by atoms with Gasteiger partial charge in [0.25, 0.3) is 0 Å². The number of benzene rings is 1. The molecule has 6 heteroatoms. The second kappa shape index (κ2) is 5.81. The van der Waals surface area contributed by atoms with Crippen LogP contribution in [0.3, 0.4) is 0 Å². The fourth-order valence-corrected chi connectivity index (χ4v) is 5.27. The Morgan fingerprint density at radius 1 is 1.08 bits per heavy atom. The van der Waals surface area contributed by atoms with Crippen LogP contribution in [0.25, 0.3) is 0 Å². The molecule has 0 spiro atoms. The predicted octanol–water partition coefficient (Wildman–Crippen LogP) is 3.79. The summed E-state index contributed by atoms with van der Waals surface area (Å²) < 4.78 is 0. The number of hydrogen-bond donors (Lipinski definition) is 1. The Balaban J connectivity index is 1.92. The van der Waals surface area contributed by atoms with Crippen LogP contribution >= 0.6 is 11.6 Å². The number of nitrogens with zero attached hydrogens (tertiary/aromatic N) is 1. The topological polar surface area (TPSA) is 66.5 Å². The van der Waals surface area contributed by atoms with Crippen molar-refractivity contribution in [3.63, 3.8) is 0 Å². The summed E-state index contributed by atoms with van der Waals surface area (Å²) in [5.74, 6) is -0.575. The van der Waals surface area contributed by atoms with Gasteiger partial charge >= 0.3 is 0 Å². The number of amides is 3. The number of nitrogens with one attached hydrogen (secondary N) is 1. The average molecular weight is 377 g/mol. The number of fused-ring (bicyclic) bond motifs is 2. The Morgan fingerprint density at radius 2 is 1.62 bits per heavy atom. The zero-order valence-electron chi connectivity index (χ0n) is 15.9. The molecule has 0 aromatic heterocycles. The number of anilines is 1. The molecule has 26 heavy (non-hydrogen) atoms. The number of imide groups is 1. The van der Waals surface area contributed by atoms with Gasteiger partial charge in [-0.05, 0) is 43.9 Å². The number of aryl methyl sites for hydroxylation is 1. The van der Waals surface area contributed by atoms with Crippen LogP contribution in [-0.2, 0) is 14.4 Å². The molecule has 1 aliphatic heterocycles. The summed E-state index contributed by atoms with van der Waals surface area (Å²) in [7, 11) is 1.54. The zero-order valence-corrected chi connectivity index (χ0v) is 16.7. The average Bonchev–Trinajstić information content (AvgIpc) is 2.54. The number of carbonyl (C=O) groups is 3. The Labute approximate surface area is 159 Å². The molecular formula is C20H25ClN2O3. The number of carbonyl (C=O) groups excluding carboxylic acids is 3. The van der Waals surface area contributed by atoms with Gasteiger partial charge in [-0.15, -0.1) is 0 Å². The van der Waals surface area contributed by atoms with E-state index in [0.717, 1.165) is 5.56 Å². The lowest BCUT2D eigenvalue weighted by Gasteiger charge is -2.55. The van der Waals surface area contributed by atoms with E-state index < -0.39 is 16.2 Å². The normalized spacial score (nSPS) is 34.0.